The van der Waals surface area contributed by atoms with Crippen molar-refractivity contribution in [1.82, 2.24) is 15.1 Å². The van der Waals surface area contributed by atoms with Gasteiger partial charge in [0.05, 0.1) is 11.3 Å². The number of nitrogens with one attached hydrogen (secondary N) is 1. The lowest BCUT2D eigenvalue weighted by atomic mass is 10.2. The maximum Gasteiger partial charge on any atom is 0.222 e. The third kappa shape index (κ3) is 2.76. The molecule has 0 saturated carbocycles. The first-order chi connectivity index (χ1) is 9.02. The van der Waals surface area contributed by atoms with Crippen molar-refractivity contribution >= 4 is 0 Å². The minimum absolute atomic E-state index is 0.223. The van der Waals surface area contributed by atoms with Crippen molar-refractivity contribution in [1.29, 1.82) is 0 Å². The summed E-state index contributed by atoms with van der Waals surface area (Å²) < 4.78 is 21.1. The van der Waals surface area contributed by atoms with Crippen LogP contribution >= 0.6 is 0 Å². The number of ether oxygens (including phenoxy) is 1. The van der Waals surface area contributed by atoms with Gasteiger partial charge in [0.1, 0.15) is 0 Å². The molecule has 0 radical (unpaired) electrons. The molecule has 4 nitrogen and oxygen atoms in total. The fourth-order valence-electron chi connectivity index (χ4n) is 1.98. The summed E-state index contributed by atoms with van der Waals surface area (Å²) >= 11 is 0. The molecule has 1 aromatic heterocycles. The summed E-state index contributed by atoms with van der Waals surface area (Å²) in [4.78, 5) is 0. The van der Waals surface area contributed by atoms with Crippen LogP contribution in [0.5, 0.6) is 11.6 Å². The molecule has 2 rings (SSSR count). The lowest BCUT2D eigenvalue weighted by Crippen LogP contribution is -2.07. The quantitative estimate of drug-likeness (QED) is 0.921. The Morgan fingerprint density at radius 1 is 1.37 bits per heavy atom. The van der Waals surface area contributed by atoms with Gasteiger partial charge >= 0.3 is 0 Å². The molecule has 0 aliphatic carbocycles. The van der Waals surface area contributed by atoms with Gasteiger partial charge in [-0.1, -0.05) is 6.07 Å². The molecular formula is C14H18FN3O. The molecular weight excluding hydrogens is 245 g/mol. The number of hydrogen-bond donors (Lipinski definition) is 1. The van der Waals surface area contributed by atoms with Gasteiger partial charge in [-0.25, -0.2) is 9.07 Å². The van der Waals surface area contributed by atoms with Crippen molar-refractivity contribution in [2.45, 2.75) is 20.4 Å². The summed E-state index contributed by atoms with van der Waals surface area (Å²) in [6, 6.07) is 4.80. The first-order valence-electron chi connectivity index (χ1n) is 6.14. The molecule has 0 bridgehead atoms. The standard InChI is InChI=1S/C14H18FN3O/c1-9-5-6-12(15)13(7-9)19-14-11(8-16-3)10(2)17-18(14)4/h5-7,16H,8H2,1-4H3. The number of nitrogens with zero attached hydrogens (tertiary/aromatic N) is 2. The number of halogens is 1. The van der Waals surface area contributed by atoms with E-state index in [1.807, 2.05) is 20.9 Å². The average molecular weight is 263 g/mol. The number of benzene rings is 1. The van der Waals surface area contributed by atoms with Crippen molar-refractivity contribution in [2.24, 2.45) is 7.05 Å². The Balaban J connectivity index is 2.40. The predicted octanol–water partition coefficient (Wildman–Crippen LogP) is 2.69. The average Bonchev–Trinajstić information content (AvgIpc) is 2.61. The summed E-state index contributed by atoms with van der Waals surface area (Å²) in [5.74, 6) is 0.413. The van der Waals surface area contributed by atoms with Gasteiger partial charge in [0.2, 0.25) is 5.88 Å². The number of rotatable bonds is 4. The van der Waals surface area contributed by atoms with Crippen molar-refractivity contribution < 1.29 is 9.13 Å². The predicted molar refractivity (Wildman–Crippen MR) is 71.9 cm³/mol. The van der Waals surface area contributed by atoms with E-state index >= 15 is 0 Å². The number of hydrogen-bond acceptors (Lipinski definition) is 3. The molecule has 0 fully saturated rings. The molecule has 0 aliphatic rings. The first kappa shape index (κ1) is 13.5. The van der Waals surface area contributed by atoms with E-state index in [4.69, 9.17) is 4.74 Å². The second kappa shape index (κ2) is 5.40. The van der Waals surface area contributed by atoms with Gasteiger partial charge in [0.15, 0.2) is 11.6 Å². The van der Waals surface area contributed by atoms with E-state index in [9.17, 15) is 4.39 Å². The Hall–Kier alpha value is -1.88. The summed E-state index contributed by atoms with van der Waals surface area (Å²) in [5.41, 5.74) is 2.76. The van der Waals surface area contributed by atoms with Crippen LogP contribution in [0.3, 0.4) is 0 Å². The molecule has 0 unspecified atom stereocenters. The molecule has 1 N–H and O–H groups in total. The molecule has 5 heteroatoms. The third-order valence-corrected chi connectivity index (χ3v) is 2.94. The Labute approximate surface area is 112 Å². The SMILES string of the molecule is CNCc1c(C)nn(C)c1Oc1cc(C)ccc1F. The molecule has 19 heavy (non-hydrogen) atoms. The Kier molecular flexibility index (Phi) is 3.85. The van der Waals surface area contributed by atoms with E-state index in [0.717, 1.165) is 16.8 Å². The van der Waals surface area contributed by atoms with Crippen LogP contribution in [-0.2, 0) is 13.6 Å². The van der Waals surface area contributed by atoms with E-state index in [-0.39, 0.29) is 11.6 Å². The highest BCUT2D eigenvalue weighted by atomic mass is 19.1. The number of aryl methyl sites for hydroxylation is 3. The minimum Gasteiger partial charge on any atom is -0.436 e. The zero-order chi connectivity index (χ0) is 14.0. The molecule has 0 saturated heterocycles. The van der Waals surface area contributed by atoms with E-state index in [0.29, 0.717) is 12.4 Å². The highest BCUT2D eigenvalue weighted by Crippen LogP contribution is 2.29. The number of aromatic nitrogens is 2. The monoisotopic (exact) mass is 263 g/mol. The zero-order valence-electron chi connectivity index (χ0n) is 11.6. The molecule has 2 aromatic rings. The molecule has 102 valence electrons. The molecule has 1 heterocycles. The second-order valence-electron chi connectivity index (χ2n) is 4.56. The van der Waals surface area contributed by atoms with Gasteiger partial charge in [-0.15, -0.1) is 0 Å². The van der Waals surface area contributed by atoms with E-state index < -0.39 is 0 Å². The zero-order valence-corrected chi connectivity index (χ0v) is 11.6. The lowest BCUT2D eigenvalue weighted by Gasteiger charge is -2.10. The summed E-state index contributed by atoms with van der Waals surface area (Å²) in [7, 11) is 3.64. The first-order valence-corrected chi connectivity index (χ1v) is 6.14. The molecule has 1 aromatic carbocycles. The van der Waals surface area contributed by atoms with Crippen molar-refractivity contribution in [2.75, 3.05) is 7.05 Å². The Bertz CT molecular complexity index is 593. The van der Waals surface area contributed by atoms with Crippen LogP contribution in [0.2, 0.25) is 0 Å². The van der Waals surface area contributed by atoms with Gasteiger partial charge in [-0.3, -0.25) is 0 Å². The maximum atomic E-state index is 13.7. The van der Waals surface area contributed by atoms with Crippen LogP contribution in [0, 0.1) is 19.7 Å². The summed E-state index contributed by atoms with van der Waals surface area (Å²) in [6.07, 6.45) is 0. The molecule has 0 aliphatic heterocycles. The van der Waals surface area contributed by atoms with E-state index in [1.54, 1.807) is 23.9 Å². The minimum atomic E-state index is -0.375. The van der Waals surface area contributed by atoms with Crippen molar-refractivity contribution in [3.05, 3.63) is 40.8 Å². The van der Waals surface area contributed by atoms with Crippen LogP contribution in [-0.4, -0.2) is 16.8 Å². The van der Waals surface area contributed by atoms with Gasteiger partial charge in [0.25, 0.3) is 0 Å². The maximum absolute atomic E-state index is 13.7. The summed E-state index contributed by atoms with van der Waals surface area (Å²) in [5, 5.41) is 7.37. The fourth-order valence-corrected chi connectivity index (χ4v) is 1.98. The second-order valence-corrected chi connectivity index (χ2v) is 4.56. The molecule has 0 atom stereocenters. The topological polar surface area (TPSA) is 39.1 Å². The van der Waals surface area contributed by atoms with Crippen LogP contribution in [0.15, 0.2) is 18.2 Å². The third-order valence-electron chi connectivity index (χ3n) is 2.94. The van der Waals surface area contributed by atoms with E-state index in [2.05, 4.69) is 10.4 Å². The lowest BCUT2D eigenvalue weighted by molar-refractivity contribution is 0.398. The van der Waals surface area contributed by atoms with Crippen LogP contribution in [0.1, 0.15) is 16.8 Å². The van der Waals surface area contributed by atoms with Gasteiger partial charge in [-0.05, 0) is 38.6 Å². The van der Waals surface area contributed by atoms with Crippen LogP contribution in [0.4, 0.5) is 4.39 Å². The van der Waals surface area contributed by atoms with Gasteiger partial charge in [-0.2, -0.15) is 5.10 Å². The van der Waals surface area contributed by atoms with Gasteiger partial charge in [0, 0.05) is 13.6 Å². The van der Waals surface area contributed by atoms with Crippen LogP contribution < -0.4 is 10.1 Å². The van der Waals surface area contributed by atoms with Crippen molar-refractivity contribution in [3.63, 3.8) is 0 Å². The highest BCUT2D eigenvalue weighted by Gasteiger charge is 2.16. The van der Waals surface area contributed by atoms with Crippen LogP contribution in [0.25, 0.3) is 0 Å². The summed E-state index contributed by atoms with van der Waals surface area (Å²) in [6.45, 7) is 4.43. The molecule has 0 spiro atoms. The molecule has 0 amide bonds. The Morgan fingerprint density at radius 3 is 2.79 bits per heavy atom. The fraction of sp³-hybridized carbons (Fsp3) is 0.357. The highest BCUT2D eigenvalue weighted by molar-refractivity contribution is 5.37. The van der Waals surface area contributed by atoms with Crippen molar-refractivity contribution in [3.8, 4) is 11.6 Å². The van der Waals surface area contributed by atoms with E-state index in [1.165, 1.54) is 6.07 Å². The Morgan fingerprint density at radius 2 is 2.11 bits per heavy atom. The smallest absolute Gasteiger partial charge is 0.222 e. The van der Waals surface area contributed by atoms with Gasteiger partial charge < -0.3 is 10.1 Å². The largest absolute Gasteiger partial charge is 0.436 e. The normalized spacial score (nSPS) is 10.8.